The Morgan fingerprint density at radius 2 is 1.70 bits per heavy atom. The van der Waals surface area contributed by atoms with Crippen LogP contribution in [-0.2, 0) is 4.79 Å². The number of rotatable bonds is 6. The number of nitrogens with one attached hydrogen (secondary N) is 1. The van der Waals surface area contributed by atoms with Crippen molar-refractivity contribution in [3.05, 3.63) is 65.7 Å². The van der Waals surface area contributed by atoms with E-state index in [9.17, 15) is 9.59 Å². The molecule has 0 spiro atoms. The third-order valence-electron chi connectivity index (χ3n) is 3.00. The van der Waals surface area contributed by atoms with E-state index in [0.717, 1.165) is 5.56 Å². The van der Waals surface area contributed by atoms with Gasteiger partial charge < -0.3 is 9.84 Å². The van der Waals surface area contributed by atoms with E-state index >= 15 is 0 Å². The predicted molar refractivity (Wildman–Crippen MR) is 85.7 cm³/mol. The van der Waals surface area contributed by atoms with Gasteiger partial charge in [0.15, 0.2) is 6.61 Å². The zero-order chi connectivity index (χ0) is 16.7. The first-order valence-corrected chi connectivity index (χ1v) is 6.91. The number of nitrogens with zero attached hydrogens (tertiary/aromatic N) is 1. The second-order valence-corrected chi connectivity index (χ2v) is 4.71. The van der Waals surface area contributed by atoms with Crippen molar-refractivity contribution < 1.29 is 19.4 Å². The Hall–Kier alpha value is -3.15. The molecule has 0 atom stereocenters. The van der Waals surface area contributed by atoms with Crippen molar-refractivity contribution in [1.29, 1.82) is 0 Å². The maximum Gasteiger partial charge on any atom is 0.341 e. The van der Waals surface area contributed by atoms with E-state index in [1.54, 1.807) is 55.5 Å². The minimum absolute atomic E-state index is 0.286. The highest BCUT2D eigenvalue weighted by atomic mass is 16.5. The predicted octanol–water partition coefficient (Wildman–Crippen LogP) is 2.30. The van der Waals surface area contributed by atoms with Crippen LogP contribution in [0.4, 0.5) is 0 Å². The van der Waals surface area contributed by atoms with Crippen LogP contribution in [0.2, 0.25) is 0 Å². The molecule has 0 heterocycles. The lowest BCUT2D eigenvalue weighted by molar-refractivity contribution is -0.139. The largest absolute Gasteiger partial charge is 0.482 e. The first-order valence-electron chi connectivity index (χ1n) is 6.91. The fourth-order valence-electron chi connectivity index (χ4n) is 1.79. The van der Waals surface area contributed by atoms with Crippen molar-refractivity contribution in [2.45, 2.75) is 6.92 Å². The number of benzene rings is 2. The van der Waals surface area contributed by atoms with Crippen LogP contribution in [0.3, 0.4) is 0 Å². The molecule has 0 saturated heterocycles. The van der Waals surface area contributed by atoms with Gasteiger partial charge in [0.05, 0.1) is 5.71 Å². The monoisotopic (exact) mass is 312 g/mol. The summed E-state index contributed by atoms with van der Waals surface area (Å²) in [5, 5.41) is 12.6. The summed E-state index contributed by atoms with van der Waals surface area (Å²) in [4.78, 5) is 22.3. The summed E-state index contributed by atoms with van der Waals surface area (Å²) in [6.45, 7) is 1.37. The number of carboxylic acid groups (broad SMARTS) is 1. The zero-order valence-corrected chi connectivity index (χ0v) is 12.5. The van der Waals surface area contributed by atoms with Crippen molar-refractivity contribution in [2.24, 2.45) is 5.10 Å². The van der Waals surface area contributed by atoms with E-state index in [2.05, 4.69) is 10.5 Å². The molecule has 0 bridgehead atoms. The van der Waals surface area contributed by atoms with Gasteiger partial charge in [0.2, 0.25) is 0 Å². The van der Waals surface area contributed by atoms with Gasteiger partial charge in [0, 0.05) is 5.56 Å². The zero-order valence-electron chi connectivity index (χ0n) is 12.5. The highest BCUT2D eigenvalue weighted by Crippen LogP contribution is 2.12. The van der Waals surface area contributed by atoms with E-state index in [-0.39, 0.29) is 12.5 Å². The maximum atomic E-state index is 11.9. The molecular weight excluding hydrogens is 296 g/mol. The van der Waals surface area contributed by atoms with Crippen LogP contribution in [0.15, 0.2) is 59.7 Å². The summed E-state index contributed by atoms with van der Waals surface area (Å²) in [6.07, 6.45) is 0. The number of aliphatic carboxylic acids is 1. The number of hydrazone groups is 1. The summed E-state index contributed by atoms with van der Waals surface area (Å²) in [5.41, 5.74) is 4.44. The molecule has 0 aliphatic rings. The van der Waals surface area contributed by atoms with Gasteiger partial charge in [-0.1, -0.05) is 18.2 Å². The maximum absolute atomic E-state index is 11.9. The minimum atomic E-state index is -1.03. The van der Waals surface area contributed by atoms with E-state index in [1.807, 2.05) is 6.07 Å². The lowest BCUT2D eigenvalue weighted by atomic mass is 10.1. The molecule has 0 aliphatic heterocycles. The molecule has 2 rings (SSSR count). The Kier molecular flexibility index (Phi) is 5.46. The fourth-order valence-corrected chi connectivity index (χ4v) is 1.79. The van der Waals surface area contributed by atoms with Gasteiger partial charge in [0.25, 0.3) is 5.91 Å². The van der Waals surface area contributed by atoms with Crippen molar-refractivity contribution in [2.75, 3.05) is 6.61 Å². The van der Waals surface area contributed by atoms with Gasteiger partial charge in [-0.25, -0.2) is 10.2 Å². The lowest BCUT2D eigenvalue weighted by Crippen LogP contribution is -2.19. The number of carboxylic acids is 1. The van der Waals surface area contributed by atoms with Crippen LogP contribution in [0.25, 0.3) is 0 Å². The standard InChI is InChI=1S/C17H16N2O4/c1-12(18-19-17(22)14-5-3-2-4-6-14)13-7-9-15(10-8-13)23-11-16(20)21/h2-10H,11H2,1H3,(H,19,22)(H,20,21)/b18-12+. The number of hydrogen-bond donors (Lipinski definition) is 2. The summed E-state index contributed by atoms with van der Waals surface area (Å²) in [7, 11) is 0. The Labute approximate surface area is 133 Å². The van der Waals surface area contributed by atoms with Crippen molar-refractivity contribution >= 4 is 17.6 Å². The van der Waals surface area contributed by atoms with Gasteiger partial charge in [-0.2, -0.15) is 5.10 Å². The van der Waals surface area contributed by atoms with Gasteiger partial charge in [-0.05, 0) is 48.9 Å². The summed E-state index contributed by atoms with van der Waals surface area (Å²) in [5.74, 6) is -0.862. The molecule has 23 heavy (non-hydrogen) atoms. The van der Waals surface area contributed by atoms with E-state index in [0.29, 0.717) is 17.0 Å². The van der Waals surface area contributed by atoms with Crippen LogP contribution in [0, 0.1) is 0 Å². The van der Waals surface area contributed by atoms with Crippen LogP contribution in [0.1, 0.15) is 22.8 Å². The van der Waals surface area contributed by atoms with Gasteiger partial charge in [-0.15, -0.1) is 0 Å². The van der Waals surface area contributed by atoms with Gasteiger partial charge in [-0.3, -0.25) is 4.79 Å². The van der Waals surface area contributed by atoms with Crippen LogP contribution >= 0.6 is 0 Å². The Bertz CT molecular complexity index is 709. The third kappa shape index (κ3) is 4.96. The molecule has 0 fully saturated rings. The van der Waals surface area contributed by atoms with Crippen molar-refractivity contribution in [1.82, 2.24) is 5.43 Å². The number of carbonyl (C=O) groups excluding carboxylic acids is 1. The van der Waals surface area contributed by atoms with E-state index in [1.165, 1.54) is 0 Å². The van der Waals surface area contributed by atoms with Crippen LogP contribution in [-0.4, -0.2) is 29.3 Å². The molecule has 1 amide bonds. The Morgan fingerprint density at radius 1 is 1.04 bits per heavy atom. The molecule has 2 aromatic carbocycles. The quantitative estimate of drug-likeness (QED) is 0.633. The SMILES string of the molecule is C/C(=N\NC(=O)c1ccccc1)c1ccc(OCC(=O)O)cc1. The fraction of sp³-hybridized carbons (Fsp3) is 0.118. The van der Waals surface area contributed by atoms with Gasteiger partial charge >= 0.3 is 5.97 Å². The molecule has 0 saturated carbocycles. The molecule has 0 radical (unpaired) electrons. The normalized spacial score (nSPS) is 10.9. The smallest absolute Gasteiger partial charge is 0.341 e. The summed E-state index contributed by atoms with van der Waals surface area (Å²) in [6, 6.07) is 15.6. The Balaban J connectivity index is 1.98. The minimum Gasteiger partial charge on any atom is -0.482 e. The number of amides is 1. The third-order valence-corrected chi connectivity index (χ3v) is 3.00. The van der Waals surface area contributed by atoms with Crippen LogP contribution < -0.4 is 10.2 Å². The number of carbonyl (C=O) groups is 2. The topological polar surface area (TPSA) is 88.0 Å². The van der Waals surface area contributed by atoms with Crippen LogP contribution in [0.5, 0.6) is 5.75 Å². The second kappa shape index (κ2) is 7.74. The van der Waals surface area contributed by atoms with Crippen molar-refractivity contribution in [3.63, 3.8) is 0 Å². The van der Waals surface area contributed by atoms with Gasteiger partial charge in [0.1, 0.15) is 5.75 Å². The number of ether oxygens (including phenoxy) is 1. The molecule has 2 aromatic rings. The lowest BCUT2D eigenvalue weighted by Gasteiger charge is -2.05. The molecule has 0 aromatic heterocycles. The second-order valence-electron chi connectivity index (χ2n) is 4.71. The summed E-state index contributed by atoms with van der Waals surface area (Å²) >= 11 is 0. The first-order chi connectivity index (χ1) is 11.1. The highest BCUT2D eigenvalue weighted by Gasteiger charge is 2.04. The average Bonchev–Trinajstić information content (AvgIpc) is 2.58. The molecular formula is C17H16N2O4. The molecule has 6 nitrogen and oxygen atoms in total. The Morgan fingerprint density at radius 3 is 2.30 bits per heavy atom. The number of hydrogen-bond acceptors (Lipinski definition) is 4. The average molecular weight is 312 g/mol. The molecule has 118 valence electrons. The molecule has 2 N–H and O–H groups in total. The molecule has 0 unspecified atom stereocenters. The van der Waals surface area contributed by atoms with Crippen molar-refractivity contribution in [3.8, 4) is 5.75 Å². The summed E-state index contributed by atoms with van der Waals surface area (Å²) < 4.78 is 5.05. The van der Waals surface area contributed by atoms with E-state index < -0.39 is 5.97 Å². The molecule has 6 heteroatoms. The first kappa shape index (κ1) is 16.2. The highest BCUT2D eigenvalue weighted by molar-refractivity contribution is 6.00. The van der Waals surface area contributed by atoms with E-state index in [4.69, 9.17) is 9.84 Å². The molecule has 0 aliphatic carbocycles.